The van der Waals surface area contributed by atoms with Crippen LogP contribution in [0, 0.1) is 13.8 Å². The molecule has 11 heteroatoms. The molecule has 0 amide bonds. The van der Waals surface area contributed by atoms with Crippen molar-refractivity contribution >= 4 is 49.8 Å². The Morgan fingerprint density at radius 2 is 1.77 bits per heavy atom. The first kappa shape index (κ1) is 24.3. The van der Waals surface area contributed by atoms with Crippen molar-refractivity contribution in [3.05, 3.63) is 101 Å². The number of nitrogens with two attached hydrogens (primary N) is 1. The molecule has 0 saturated heterocycles. The Labute approximate surface area is 222 Å². The molecule has 0 fully saturated rings. The van der Waals surface area contributed by atoms with Gasteiger partial charge < -0.3 is 10.7 Å². The topological polar surface area (TPSA) is 146 Å². The summed E-state index contributed by atoms with van der Waals surface area (Å²) in [7, 11) is -4.23. The summed E-state index contributed by atoms with van der Waals surface area (Å²) in [5, 5.41) is 4.80. The molecule has 3 aromatic carbocycles. The number of H-pyrrole nitrogens is 1. The molecule has 0 atom stereocenters. The molecule has 3 N–H and O–H groups in total. The number of carbonyl (C=O) groups is 2. The van der Waals surface area contributed by atoms with Crippen molar-refractivity contribution in [2.45, 2.75) is 18.7 Å². The first-order chi connectivity index (χ1) is 18.7. The number of nitrogen functional groups attached to an aromatic ring is 1. The summed E-state index contributed by atoms with van der Waals surface area (Å²) < 4.78 is 30.1. The number of carbonyl (C=O) groups excluding carboxylic acids is 2. The second-order valence-corrected chi connectivity index (χ2v) is 11.0. The van der Waals surface area contributed by atoms with Gasteiger partial charge in [0.25, 0.3) is 10.0 Å². The summed E-state index contributed by atoms with van der Waals surface area (Å²) in [6, 6.07) is 17.8. The lowest BCUT2D eigenvalue weighted by Gasteiger charge is -2.12. The van der Waals surface area contributed by atoms with Crippen molar-refractivity contribution in [1.29, 1.82) is 0 Å². The quantitative estimate of drug-likeness (QED) is 0.239. The Morgan fingerprint density at radius 1 is 1.00 bits per heavy atom. The molecule has 194 valence electrons. The van der Waals surface area contributed by atoms with Crippen molar-refractivity contribution in [3.63, 3.8) is 0 Å². The normalized spacial score (nSPS) is 11.8. The van der Waals surface area contributed by atoms with Crippen molar-refractivity contribution in [1.82, 2.24) is 23.7 Å². The molecule has 0 radical (unpaired) electrons. The number of nitrogens with one attached hydrogen (secondary N) is 1. The third-order valence-corrected chi connectivity index (χ3v) is 8.33. The Bertz CT molecular complexity index is 2050. The highest BCUT2D eigenvalue weighted by Crippen LogP contribution is 2.30. The second kappa shape index (κ2) is 8.77. The summed E-state index contributed by atoms with van der Waals surface area (Å²) in [6.07, 6.45) is 1.94. The van der Waals surface area contributed by atoms with Crippen LogP contribution in [0.5, 0.6) is 0 Å². The predicted octanol–water partition coefficient (Wildman–Crippen LogP) is 4.18. The van der Waals surface area contributed by atoms with E-state index in [4.69, 9.17) is 5.73 Å². The van der Waals surface area contributed by atoms with Crippen LogP contribution in [0.15, 0.2) is 77.8 Å². The molecule has 0 aliphatic rings. The molecular formula is C28H22N6O4S. The van der Waals surface area contributed by atoms with Crippen LogP contribution in [-0.4, -0.2) is 44.2 Å². The largest absolute Gasteiger partial charge is 0.383 e. The third-order valence-electron chi connectivity index (χ3n) is 6.59. The van der Waals surface area contributed by atoms with E-state index in [1.807, 2.05) is 26.0 Å². The molecule has 0 spiro atoms. The minimum absolute atomic E-state index is 0.00276. The number of benzene rings is 3. The summed E-state index contributed by atoms with van der Waals surface area (Å²) in [4.78, 5) is 32.9. The van der Waals surface area contributed by atoms with E-state index in [1.165, 1.54) is 35.1 Å². The zero-order chi connectivity index (χ0) is 27.5. The van der Waals surface area contributed by atoms with E-state index < -0.39 is 15.8 Å². The van der Waals surface area contributed by atoms with Gasteiger partial charge in [-0.1, -0.05) is 29.8 Å². The molecule has 0 aliphatic carbocycles. The number of aldehydes is 1. The van der Waals surface area contributed by atoms with Crippen LogP contribution in [0.2, 0.25) is 0 Å². The minimum atomic E-state index is -4.23. The van der Waals surface area contributed by atoms with Gasteiger partial charge in [0, 0.05) is 10.9 Å². The molecule has 0 aliphatic heterocycles. The van der Waals surface area contributed by atoms with Crippen LogP contribution in [0.3, 0.4) is 0 Å². The van der Waals surface area contributed by atoms with E-state index in [1.54, 1.807) is 30.3 Å². The van der Waals surface area contributed by atoms with E-state index in [2.05, 4.69) is 15.1 Å². The van der Waals surface area contributed by atoms with E-state index in [0.29, 0.717) is 17.4 Å². The number of fused-ring (bicyclic) bond motifs is 2. The van der Waals surface area contributed by atoms with Gasteiger partial charge in [-0.15, -0.1) is 0 Å². The molecule has 0 bridgehead atoms. The second-order valence-electron chi connectivity index (χ2n) is 9.26. The van der Waals surface area contributed by atoms with E-state index >= 15 is 0 Å². The summed E-state index contributed by atoms with van der Waals surface area (Å²) in [5.41, 5.74) is 9.83. The van der Waals surface area contributed by atoms with Gasteiger partial charge in [0.15, 0.2) is 0 Å². The average molecular weight is 539 g/mol. The smallest absolute Gasteiger partial charge is 0.268 e. The third kappa shape index (κ3) is 3.91. The van der Waals surface area contributed by atoms with Crippen molar-refractivity contribution in [2.75, 3.05) is 5.73 Å². The number of hydrogen-bond acceptors (Lipinski definition) is 7. The van der Waals surface area contributed by atoms with Gasteiger partial charge in [0.1, 0.15) is 23.6 Å². The van der Waals surface area contributed by atoms with Gasteiger partial charge in [0.2, 0.25) is 5.78 Å². The van der Waals surface area contributed by atoms with Crippen LogP contribution in [-0.2, 0) is 10.0 Å². The number of nitrogens with zero attached hydrogens (tertiary/aromatic N) is 4. The lowest BCUT2D eigenvalue weighted by molar-refractivity contribution is 0.103. The number of aryl methyl sites for hydroxylation is 2. The fourth-order valence-corrected chi connectivity index (χ4v) is 6.14. The highest BCUT2D eigenvalue weighted by molar-refractivity contribution is 7.90. The molecular weight excluding hydrogens is 516 g/mol. The maximum atomic E-state index is 13.9. The molecule has 3 heterocycles. The molecule has 0 unspecified atom stereocenters. The van der Waals surface area contributed by atoms with Gasteiger partial charge >= 0.3 is 0 Å². The minimum Gasteiger partial charge on any atom is -0.383 e. The van der Waals surface area contributed by atoms with Crippen LogP contribution in [0.25, 0.3) is 27.6 Å². The zero-order valence-electron chi connectivity index (χ0n) is 20.9. The van der Waals surface area contributed by atoms with Gasteiger partial charge in [-0.3, -0.25) is 9.59 Å². The van der Waals surface area contributed by atoms with Crippen LogP contribution < -0.4 is 5.73 Å². The maximum absolute atomic E-state index is 13.9. The summed E-state index contributed by atoms with van der Waals surface area (Å²) in [6.45, 7) is 3.69. The maximum Gasteiger partial charge on any atom is 0.268 e. The highest BCUT2D eigenvalue weighted by Gasteiger charge is 2.29. The number of rotatable bonds is 6. The number of aromatic amines is 1. The van der Waals surface area contributed by atoms with Crippen molar-refractivity contribution < 1.29 is 18.0 Å². The van der Waals surface area contributed by atoms with Gasteiger partial charge in [0.05, 0.1) is 38.9 Å². The van der Waals surface area contributed by atoms with Gasteiger partial charge in [-0.25, -0.2) is 22.1 Å². The fourth-order valence-electron chi connectivity index (χ4n) is 4.63. The first-order valence-corrected chi connectivity index (χ1v) is 13.4. The standard InChI is InChI=1S/C28H22N6O4S/c1-16-3-8-21(9-4-16)39(37,38)34-25-11-18(15-35)5-6-19(25)12-26(34)27(36)22-14-30-33(28(22)29)20-7-10-23-24(13-20)32-17(2)31-23/h3-15H,29H2,1-2H3,(H,31,32). The molecule has 3 aromatic heterocycles. The number of imidazole rings is 1. The lowest BCUT2D eigenvalue weighted by atomic mass is 10.1. The number of hydrogen-bond donors (Lipinski definition) is 2. The fraction of sp³-hybridized carbons (Fsp3) is 0.0714. The van der Waals surface area contributed by atoms with Crippen LogP contribution in [0.4, 0.5) is 5.82 Å². The number of anilines is 1. The van der Waals surface area contributed by atoms with E-state index in [9.17, 15) is 18.0 Å². The van der Waals surface area contributed by atoms with Crippen molar-refractivity contribution in [3.8, 4) is 5.69 Å². The monoisotopic (exact) mass is 538 g/mol. The zero-order valence-corrected chi connectivity index (χ0v) is 21.7. The molecule has 0 saturated carbocycles. The Balaban J connectivity index is 1.52. The Kier molecular flexibility index (Phi) is 5.47. The van der Waals surface area contributed by atoms with E-state index in [0.717, 1.165) is 26.4 Å². The van der Waals surface area contributed by atoms with Gasteiger partial charge in [-0.05, 0) is 56.3 Å². The molecule has 6 rings (SSSR count). The Morgan fingerprint density at radius 3 is 2.51 bits per heavy atom. The highest BCUT2D eigenvalue weighted by atomic mass is 32.2. The number of ketones is 1. The summed E-state index contributed by atoms with van der Waals surface area (Å²) >= 11 is 0. The van der Waals surface area contributed by atoms with Crippen LogP contribution in [0.1, 0.15) is 37.8 Å². The van der Waals surface area contributed by atoms with Crippen molar-refractivity contribution in [2.24, 2.45) is 0 Å². The van der Waals surface area contributed by atoms with E-state index in [-0.39, 0.29) is 33.1 Å². The summed E-state index contributed by atoms with van der Waals surface area (Å²) in [5.74, 6) is 0.178. The SMILES string of the molecule is Cc1ccc(S(=O)(=O)n2c(C(=O)c3cnn(-c4ccc5nc(C)[nH]c5c4)c3N)cc3ccc(C=O)cc32)cc1. The molecule has 6 aromatic rings. The predicted molar refractivity (Wildman–Crippen MR) is 147 cm³/mol. The lowest BCUT2D eigenvalue weighted by Crippen LogP contribution is -2.19. The first-order valence-electron chi connectivity index (χ1n) is 12.0. The molecule has 39 heavy (non-hydrogen) atoms. The van der Waals surface area contributed by atoms with Crippen LogP contribution >= 0.6 is 0 Å². The van der Waals surface area contributed by atoms with Gasteiger partial charge in [-0.2, -0.15) is 5.10 Å². The molecule has 10 nitrogen and oxygen atoms in total. The number of aromatic nitrogens is 5. The average Bonchev–Trinajstić information content (AvgIpc) is 3.61. The Hall–Kier alpha value is -5.03.